The van der Waals surface area contributed by atoms with E-state index >= 15 is 0 Å². The van der Waals surface area contributed by atoms with Gasteiger partial charge in [-0.25, -0.2) is 0 Å². The molecule has 2 unspecified atom stereocenters. The molecular formula is C9H16ClN. The van der Waals surface area contributed by atoms with Gasteiger partial charge in [-0.2, -0.15) is 0 Å². The first-order chi connectivity index (χ1) is 5.11. The zero-order chi connectivity index (χ0) is 8.43. The molecule has 0 aromatic rings. The van der Waals surface area contributed by atoms with E-state index in [2.05, 4.69) is 19.9 Å². The molecule has 0 saturated carbocycles. The fourth-order valence-electron chi connectivity index (χ4n) is 1.67. The summed E-state index contributed by atoms with van der Waals surface area (Å²) in [6.45, 7) is 4.44. The van der Waals surface area contributed by atoms with E-state index in [4.69, 9.17) is 17.3 Å². The standard InChI is InChI=1S/C9H16ClN/c1-6(2)8-4-3-7(10)5-9(8)11/h3,6,8-9H,4-5,11H2,1-2H3. The Kier molecular flexibility index (Phi) is 2.97. The Labute approximate surface area is 73.6 Å². The second kappa shape index (κ2) is 3.59. The van der Waals surface area contributed by atoms with Crippen molar-refractivity contribution in [1.82, 2.24) is 0 Å². The second-order valence-electron chi connectivity index (χ2n) is 3.66. The highest BCUT2D eigenvalue weighted by Gasteiger charge is 2.24. The van der Waals surface area contributed by atoms with Crippen LogP contribution in [0.15, 0.2) is 11.1 Å². The SMILES string of the molecule is CC(C)C1CC=C(Cl)CC1N. The number of hydrogen-bond acceptors (Lipinski definition) is 1. The smallest absolute Gasteiger partial charge is 0.0156 e. The van der Waals surface area contributed by atoms with Crippen molar-refractivity contribution in [3.8, 4) is 0 Å². The quantitative estimate of drug-likeness (QED) is 0.648. The maximum atomic E-state index is 5.95. The topological polar surface area (TPSA) is 26.0 Å². The third-order valence-corrected chi connectivity index (χ3v) is 2.76. The van der Waals surface area contributed by atoms with Gasteiger partial charge >= 0.3 is 0 Å². The Morgan fingerprint density at radius 1 is 1.64 bits per heavy atom. The first-order valence-corrected chi connectivity index (χ1v) is 4.59. The Bertz CT molecular complexity index is 163. The van der Waals surface area contributed by atoms with Crippen LogP contribution in [0.1, 0.15) is 26.7 Å². The first-order valence-electron chi connectivity index (χ1n) is 4.21. The lowest BCUT2D eigenvalue weighted by Crippen LogP contribution is -2.35. The van der Waals surface area contributed by atoms with E-state index in [0.29, 0.717) is 11.8 Å². The average molecular weight is 174 g/mol. The highest BCUT2D eigenvalue weighted by molar-refractivity contribution is 6.29. The van der Waals surface area contributed by atoms with Gasteiger partial charge in [-0.05, 0) is 24.7 Å². The fourth-order valence-corrected chi connectivity index (χ4v) is 1.93. The molecule has 0 amide bonds. The highest BCUT2D eigenvalue weighted by atomic mass is 35.5. The number of halogens is 1. The van der Waals surface area contributed by atoms with Gasteiger partial charge in [-0.15, -0.1) is 0 Å². The second-order valence-corrected chi connectivity index (χ2v) is 4.15. The molecule has 11 heavy (non-hydrogen) atoms. The van der Waals surface area contributed by atoms with Crippen molar-refractivity contribution in [2.45, 2.75) is 32.7 Å². The molecule has 0 fully saturated rings. The number of nitrogens with two attached hydrogens (primary N) is 1. The molecule has 0 heterocycles. The summed E-state index contributed by atoms with van der Waals surface area (Å²) in [6, 6.07) is 0.271. The maximum absolute atomic E-state index is 5.95. The molecule has 1 aliphatic carbocycles. The normalized spacial score (nSPS) is 32.3. The van der Waals surface area contributed by atoms with E-state index < -0.39 is 0 Å². The number of rotatable bonds is 1. The first kappa shape index (κ1) is 9.08. The lowest BCUT2D eigenvalue weighted by atomic mass is 9.81. The van der Waals surface area contributed by atoms with E-state index in [1.165, 1.54) is 0 Å². The van der Waals surface area contributed by atoms with Gasteiger partial charge in [0, 0.05) is 11.1 Å². The van der Waals surface area contributed by atoms with Gasteiger partial charge in [-0.3, -0.25) is 0 Å². The summed E-state index contributed by atoms with van der Waals surface area (Å²) in [7, 11) is 0. The van der Waals surface area contributed by atoms with Crippen molar-refractivity contribution in [2.24, 2.45) is 17.6 Å². The predicted molar refractivity (Wildman–Crippen MR) is 49.5 cm³/mol. The molecule has 2 atom stereocenters. The molecule has 0 saturated heterocycles. The van der Waals surface area contributed by atoms with Crippen LogP contribution in [0.4, 0.5) is 0 Å². The van der Waals surface area contributed by atoms with Gasteiger partial charge in [0.1, 0.15) is 0 Å². The molecule has 1 nitrogen and oxygen atoms in total. The van der Waals surface area contributed by atoms with Crippen molar-refractivity contribution in [2.75, 3.05) is 0 Å². The van der Waals surface area contributed by atoms with Crippen molar-refractivity contribution in [1.29, 1.82) is 0 Å². The molecule has 0 spiro atoms. The summed E-state index contributed by atoms with van der Waals surface area (Å²) >= 11 is 5.86. The van der Waals surface area contributed by atoms with Crippen LogP contribution in [0, 0.1) is 11.8 Å². The summed E-state index contributed by atoms with van der Waals surface area (Å²) < 4.78 is 0. The molecule has 0 radical (unpaired) electrons. The van der Waals surface area contributed by atoms with Crippen LogP contribution in [-0.4, -0.2) is 6.04 Å². The van der Waals surface area contributed by atoms with Crippen molar-refractivity contribution in [3.63, 3.8) is 0 Å². The van der Waals surface area contributed by atoms with Crippen LogP contribution in [0.5, 0.6) is 0 Å². The minimum atomic E-state index is 0.271. The van der Waals surface area contributed by atoms with E-state index in [1.807, 2.05) is 0 Å². The molecule has 2 N–H and O–H groups in total. The summed E-state index contributed by atoms with van der Waals surface area (Å²) in [5.74, 6) is 1.29. The van der Waals surface area contributed by atoms with Crippen molar-refractivity contribution >= 4 is 11.6 Å². The number of allylic oxidation sites excluding steroid dienone is 1. The van der Waals surface area contributed by atoms with Crippen LogP contribution in [0.2, 0.25) is 0 Å². The summed E-state index contributed by atoms with van der Waals surface area (Å²) in [5.41, 5.74) is 5.95. The van der Waals surface area contributed by atoms with Crippen LogP contribution < -0.4 is 5.73 Å². The zero-order valence-electron chi connectivity index (χ0n) is 7.18. The molecule has 0 aliphatic heterocycles. The lowest BCUT2D eigenvalue weighted by Gasteiger charge is -2.29. The fraction of sp³-hybridized carbons (Fsp3) is 0.778. The van der Waals surface area contributed by atoms with Gasteiger partial charge < -0.3 is 5.73 Å². The van der Waals surface area contributed by atoms with Gasteiger partial charge in [0.25, 0.3) is 0 Å². The van der Waals surface area contributed by atoms with E-state index in [0.717, 1.165) is 17.9 Å². The third kappa shape index (κ3) is 2.21. The lowest BCUT2D eigenvalue weighted by molar-refractivity contribution is 0.310. The molecule has 0 bridgehead atoms. The van der Waals surface area contributed by atoms with E-state index in [1.54, 1.807) is 0 Å². The van der Waals surface area contributed by atoms with Crippen LogP contribution in [-0.2, 0) is 0 Å². The van der Waals surface area contributed by atoms with Gasteiger partial charge in [0.2, 0.25) is 0 Å². The minimum absolute atomic E-state index is 0.271. The maximum Gasteiger partial charge on any atom is 0.0156 e. The predicted octanol–water partition coefficient (Wildman–Crippen LogP) is 2.50. The summed E-state index contributed by atoms with van der Waals surface area (Å²) in [4.78, 5) is 0. The molecule has 0 aromatic heterocycles. The Hall–Kier alpha value is -0.0100. The Morgan fingerprint density at radius 2 is 2.27 bits per heavy atom. The highest BCUT2D eigenvalue weighted by Crippen LogP contribution is 2.29. The van der Waals surface area contributed by atoms with Crippen molar-refractivity contribution < 1.29 is 0 Å². The molecule has 0 aromatic carbocycles. The molecule has 64 valence electrons. The Morgan fingerprint density at radius 3 is 2.73 bits per heavy atom. The van der Waals surface area contributed by atoms with Gasteiger partial charge in [0.05, 0.1) is 0 Å². The van der Waals surface area contributed by atoms with E-state index in [-0.39, 0.29) is 6.04 Å². The summed E-state index contributed by atoms with van der Waals surface area (Å²) in [5, 5.41) is 0.939. The zero-order valence-corrected chi connectivity index (χ0v) is 7.93. The largest absolute Gasteiger partial charge is 0.327 e. The number of hydrogen-bond donors (Lipinski definition) is 1. The monoisotopic (exact) mass is 173 g/mol. The third-order valence-electron chi connectivity index (χ3n) is 2.45. The van der Waals surface area contributed by atoms with Crippen molar-refractivity contribution in [3.05, 3.63) is 11.1 Å². The van der Waals surface area contributed by atoms with Crippen LogP contribution >= 0.6 is 11.6 Å². The molecule has 1 rings (SSSR count). The Balaban J connectivity index is 2.58. The molecular weight excluding hydrogens is 158 g/mol. The molecule has 1 aliphatic rings. The summed E-state index contributed by atoms with van der Waals surface area (Å²) in [6.07, 6.45) is 4.03. The van der Waals surface area contributed by atoms with Crippen LogP contribution in [0.3, 0.4) is 0 Å². The van der Waals surface area contributed by atoms with Gasteiger partial charge in [-0.1, -0.05) is 31.5 Å². The average Bonchev–Trinajstić information content (AvgIpc) is 1.85. The van der Waals surface area contributed by atoms with E-state index in [9.17, 15) is 0 Å². The molecule has 2 heteroatoms. The van der Waals surface area contributed by atoms with Crippen LogP contribution in [0.25, 0.3) is 0 Å². The van der Waals surface area contributed by atoms with Gasteiger partial charge in [0.15, 0.2) is 0 Å². The minimum Gasteiger partial charge on any atom is -0.327 e.